The van der Waals surface area contributed by atoms with Crippen LogP contribution in [-0.2, 0) is 10.1 Å². The lowest BCUT2D eigenvalue weighted by Gasteiger charge is -2.12. The number of nitrogens with one attached hydrogen (secondary N) is 1. The van der Waals surface area contributed by atoms with Crippen molar-refractivity contribution in [2.45, 2.75) is 4.90 Å². The monoisotopic (exact) mass is 388 g/mol. The van der Waals surface area contributed by atoms with Gasteiger partial charge in [-0.1, -0.05) is 18.2 Å². The average Bonchev–Trinajstić information content (AvgIpc) is 2.61. The minimum Gasteiger partial charge on any atom is -0.507 e. The van der Waals surface area contributed by atoms with Crippen LogP contribution in [0.3, 0.4) is 0 Å². The Morgan fingerprint density at radius 2 is 1.78 bits per heavy atom. The van der Waals surface area contributed by atoms with E-state index >= 15 is 0 Å². The summed E-state index contributed by atoms with van der Waals surface area (Å²) in [5.41, 5.74) is -0.185. The number of phenols is 1. The van der Waals surface area contributed by atoms with Gasteiger partial charge in [0, 0.05) is 28.5 Å². The second-order valence-electron chi connectivity index (χ2n) is 5.55. The van der Waals surface area contributed by atoms with Gasteiger partial charge in [0.15, 0.2) is 0 Å². The Morgan fingerprint density at radius 3 is 2.44 bits per heavy atom. The van der Waals surface area contributed by atoms with E-state index in [1.165, 1.54) is 36.4 Å². The van der Waals surface area contributed by atoms with Crippen molar-refractivity contribution in [3.05, 3.63) is 70.3 Å². The lowest BCUT2D eigenvalue weighted by molar-refractivity contribution is -0.384. The standard InChI is InChI=1S/C17H12N2O7S/c20-14-7-8-15(27(24,25)26)12-5-2-6-13(16(12)14)18-17(21)10-3-1-4-11(9-10)19(22)23/h1-9,20H,(H,18,21)(H,24,25,26). The molecule has 0 spiro atoms. The predicted octanol–water partition coefficient (Wildman–Crippen LogP) is 2.95. The highest BCUT2D eigenvalue weighted by Crippen LogP contribution is 2.35. The van der Waals surface area contributed by atoms with Crippen molar-refractivity contribution >= 4 is 38.2 Å². The summed E-state index contributed by atoms with van der Waals surface area (Å²) in [6.07, 6.45) is 0. The highest BCUT2D eigenvalue weighted by Gasteiger charge is 2.19. The minimum absolute atomic E-state index is 0.00593. The van der Waals surface area contributed by atoms with E-state index in [1.54, 1.807) is 0 Å². The molecule has 10 heteroatoms. The maximum Gasteiger partial charge on any atom is 0.295 e. The third-order valence-electron chi connectivity index (χ3n) is 3.82. The van der Waals surface area contributed by atoms with Gasteiger partial charge in [-0.05, 0) is 24.3 Å². The highest BCUT2D eigenvalue weighted by atomic mass is 32.2. The first-order valence-electron chi connectivity index (χ1n) is 7.46. The Kier molecular flexibility index (Phi) is 4.52. The SMILES string of the molecule is O=C(Nc1cccc2c(S(=O)(=O)O)ccc(O)c12)c1cccc([N+](=O)[O-])c1. The van der Waals surface area contributed by atoms with Crippen molar-refractivity contribution in [1.29, 1.82) is 0 Å². The van der Waals surface area contributed by atoms with Crippen LogP contribution in [0.1, 0.15) is 10.4 Å². The number of nitro benzene ring substituents is 1. The summed E-state index contributed by atoms with van der Waals surface area (Å²) in [6, 6.07) is 11.4. The van der Waals surface area contributed by atoms with Crippen LogP contribution in [0.25, 0.3) is 10.8 Å². The van der Waals surface area contributed by atoms with Crippen LogP contribution in [0.4, 0.5) is 11.4 Å². The maximum absolute atomic E-state index is 12.4. The number of fused-ring (bicyclic) bond motifs is 1. The van der Waals surface area contributed by atoms with Gasteiger partial charge in [0.1, 0.15) is 10.6 Å². The number of phenolic OH excluding ortho intramolecular Hbond substituents is 1. The first kappa shape index (κ1) is 18.3. The van der Waals surface area contributed by atoms with Crippen LogP contribution in [0.15, 0.2) is 59.5 Å². The van der Waals surface area contributed by atoms with E-state index in [4.69, 9.17) is 0 Å². The molecule has 3 rings (SSSR count). The third kappa shape index (κ3) is 3.57. The molecular weight excluding hydrogens is 376 g/mol. The summed E-state index contributed by atoms with van der Waals surface area (Å²) < 4.78 is 32.4. The van der Waals surface area contributed by atoms with Gasteiger partial charge in [0.2, 0.25) is 0 Å². The summed E-state index contributed by atoms with van der Waals surface area (Å²) in [4.78, 5) is 22.2. The Morgan fingerprint density at radius 1 is 1.07 bits per heavy atom. The van der Waals surface area contributed by atoms with Crippen LogP contribution >= 0.6 is 0 Å². The number of hydrogen-bond donors (Lipinski definition) is 3. The molecule has 0 unspecified atom stereocenters. The highest BCUT2D eigenvalue weighted by molar-refractivity contribution is 7.86. The van der Waals surface area contributed by atoms with Crippen LogP contribution in [0.2, 0.25) is 0 Å². The number of anilines is 1. The molecule has 0 atom stereocenters. The summed E-state index contributed by atoms with van der Waals surface area (Å²) in [6.45, 7) is 0. The zero-order valence-electron chi connectivity index (χ0n) is 13.5. The van der Waals surface area contributed by atoms with Gasteiger partial charge < -0.3 is 10.4 Å². The summed E-state index contributed by atoms with van der Waals surface area (Å²) in [5, 5.41) is 23.5. The van der Waals surface area contributed by atoms with E-state index in [0.29, 0.717) is 0 Å². The molecule has 0 heterocycles. The van der Waals surface area contributed by atoms with Gasteiger partial charge in [-0.25, -0.2) is 0 Å². The molecule has 0 saturated heterocycles. The fourth-order valence-corrected chi connectivity index (χ4v) is 3.33. The molecule has 0 aliphatic carbocycles. The largest absolute Gasteiger partial charge is 0.507 e. The molecule has 138 valence electrons. The molecule has 0 radical (unpaired) electrons. The summed E-state index contributed by atoms with van der Waals surface area (Å²) in [7, 11) is -4.56. The smallest absolute Gasteiger partial charge is 0.295 e. The quantitative estimate of drug-likeness (QED) is 0.354. The molecule has 9 nitrogen and oxygen atoms in total. The first-order chi connectivity index (χ1) is 12.7. The van der Waals surface area contributed by atoms with Crippen molar-refractivity contribution < 1.29 is 27.8 Å². The van der Waals surface area contributed by atoms with Gasteiger partial charge >= 0.3 is 0 Å². The molecule has 1 amide bonds. The van der Waals surface area contributed by atoms with Crippen molar-refractivity contribution in [2.24, 2.45) is 0 Å². The van der Waals surface area contributed by atoms with E-state index in [-0.39, 0.29) is 33.5 Å². The lowest BCUT2D eigenvalue weighted by Crippen LogP contribution is -2.12. The number of rotatable bonds is 4. The zero-order chi connectivity index (χ0) is 19.8. The first-order valence-corrected chi connectivity index (χ1v) is 8.90. The molecule has 0 fully saturated rings. The molecule has 3 aromatic rings. The summed E-state index contributed by atoms with van der Waals surface area (Å²) >= 11 is 0. The van der Waals surface area contributed by atoms with Crippen molar-refractivity contribution in [2.75, 3.05) is 5.32 Å². The molecule has 3 aromatic carbocycles. The normalized spacial score (nSPS) is 11.3. The fraction of sp³-hybridized carbons (Fsp3) is 0. The second kappa shape index (κ2) is 6.67. The van der Waals surface area contributed by atoms with Gasteiger partial charge in [-0.15, -0.1) is 0 Å². The number of nitrogens with zero attached hydrogens (tertiary/aromatic N) is 1. The van der Waals surface area contributed by atoms with Crippen LogP contribution in [-0.4, -0.2) is 28.9 Å². The number of benzene rings is 3. The average molecular weight is 388 g/mol. The van der Waals surface area contributed by atoms with Gasteiger partial charge in [0.05, 0.1) is 10.6 Å². The topological polar surface area (TPSA) is 147 Å². The van der Waals surface area contributed by atoms with Crippen LogP contribution < -0.4 is 5.32 Å². The number of carbonyl (C=O) groups is 1. The van der Waals surface area contributed by atoms with E-state index in [1.807, 2.05) is 0 Å². The fourth-order valence-electron chi connectivity index (χ4n) is 2.65. The Bertz CT molecular complexity index is 1190. The number of nitro groups is 1. The van der Waals surface area contributed by atoms with E-state index in [2.05, 4.69) is 5.32 Å². The van der Waals surface area contributed by atoms with E-state index in [9.17, 15) is 33.0 Å². The Hall–Kier alpha value is -3.50. The molecule has 0 bridgehead atoms. The number of amides is 1. The molecule has 0 aliphatic heterocycles. The third-order valence-corrected chi connectivity index (χ3v) is 4.74. The second-order valence-corrected chi connectivity index (χ2v) is 6.94. The van der Waals surface area contributed by atoms with E-state index < -0.39 is 25.8 Å². The minimum atomic E-state index is -4.56. The van der Waals surface area contributed by atoms with Crippen LogP contribution in [0.5, 0.6) is 5.75 Å². The van der Waals surface area contributed by atoms with Crippen molar-refractivity contribution in [3.8, 4) is 5.75 Å². The zero-order valence-corrected chi connectivity index (χ0v) is 14.3. The number of carbonyl (C=O) groups excluding carboxylic acids is 1. The maximum atomic E-state index is 12.4. The molecular formula is C17H12N2O7S. The number of hydrogen-bond acceptors (Lipinski definition) is 6. The van der Waals surface area contributed by atoms with E-state index in [0.717, 1.165) is 18.2 Å². The number of aromatic hydroxyl groups is 1. The van der Waals surface area contributed by atoms with Crippen molar-refractivity contribution in [1.82, 2.24) is 0 Å². The molecule has 0 aromatic heterocycles. The lowest BCUT2D eigenvalue weighted by atomic mass is 10.1. The molecule has 27 heavy (non-hydrogen) atoms. The molecule has 0 saturated carbocycles. The van der Waals surface area contributed by atoms with Gasteiger partial charge in [-0.3, -0.25) is 19.5 Å². The predicted molar refractivity (Wildman–Crippen MR) is 96.5 cm³/mol. The number of non-ortho nitro benzene ring substituents is 1. The molecule has 3 N–H and O–H groups in total. The Labute approximate surface area is 152 Å². The van der Waals surface area contributed by atoms with Crippen molar-refractivity contribution in [3.63, 3.8) is 0 Å². The van der Waals surface area contributed by atoms with Gasteiger partial charge in [0.25, 0.3) is 21.7 Å². The Balaban J connectivity index is 2.09. The van der Waals surface area contributed by atoms with Crippen LogP contribution in [0, 0.1) is 10.1 Å². The van der Waals surface area contributed by atoms with Gasteiger partial charge in [-0.2, -0.15) is 8.42 Å². The summed E-state index contributed by atoms with van der Waals surface area (Å²) in [5.74, 6) is -1.00. The molecule has 0 aliphatic rings.